The SMILES string of the molecule is CC(C)C(=O)NC1CCCN(Cc2cc([N+](=O)[O-])ccc2O)C1. The lowest BCUT2D eigenvalue weighted by Crippen LogP contribution is -2.48. The molecule has 0 bridgehead atoms. The molecule has 1 aromatic carbocycles. The largest absolute Gasteiger partial charge is 0.508 e. The molecule has 2 rings (SSSR count). The number of aromatic hydroxyl groups is 1. The van der Waals surface area contributed by atoms with Gasteiger partial charge in [0, 0.05) is 42.7 Å². The summed E-state index contributed by atoms with van der Waals surface area (Å²) in [6.45, 7) is 5.67. The first-order chi connectivity index (χ1) is 10.9. The van der Waals surface area contributed by atoms with E-state index in [1.165, 1.54) is 18.2 Å². The average Bonchev–Trinajstić information content (AvgIpc) is 2.49. The topological polar surface area (TPSA) is 95.7 Å². The van der Waals surface area contributed by atoms with E-state index in [2.05, 4.69) is 10.2 Å². The Morgan fingerprint density at radius 2 is 2.26 bits per heavy atom. The third-order valence-corrected chi connectivity index (χ3v) is 4.04. The van der Waals surface area contributed by atoms with E-state index in [1.807, 2.05) is 13.8 Å². The van der Waals surface area contributed by atoms with E-state index in [4.69, 9.17) is 0 Å². The lowest BCUT2D eigenvalue weighted by molar-refractivity contribution is -0.385. The number of nitro benzene ring substituents is 1. The van der Waals surface area contributed by atoms with Gasteiger partial charge in [-0.25, -0.2) is 0 Å². The molecule has 1 unspecified atom stereocenters. The van der Waals surface area contributed by atoms with Crippen LogP contribution in [-0.4, -0.2) is 40.0 Å². The minimum Gasteiger partial charge on any atom is -0.508 e. The van der Waals surface area contributed by atoms with Gasteiger partial charge in [0.05, 0.1) is 4.92 Å². The second-order valence-electron chi connectivity index (χ2n) is 6.31. The van der Waals surface area contributed by atoms with Gasteiger partial charge >= 0.3 is 0 Å². The number of hydrogen-bond donors (Lipinski definition) is 2. The Morgan fingerprint density at radius 3 is 2.91 bits per heavy atom. The summed E-state index contributed by atoms with van der Waals surface area (Å²) in [5, 5.41) is 23.8. The van der Waals surface area contributed by atoms with Gasteiger partial charge in [-0.1, -0.05) is 13.8 Å². The minimum absolute atomic E-state index is 0.0283. The number of piperidine rings is 1. The summed E-state index contributed by atoms with van der Waals surface area (Å²) in [5.74, 6) is 0.0465. The molecule has 126 valence electrons. The van der Waals surface area contributed by atoms with E-state index < -0.39 is 4.92 Å². The predicted octanol–water partition coefficient (Wildman–Crippen LogP) is 2.04. The number of nitro groups is 1. The molecule has 1 saturated heterocycles. The number of likely N-dealkylation sites (tertiary alicyclic amines) is 1. The Hall–Kier alpha value is -2.15. The molecule has 23 heavy (non-hydrogen) atoms. The van der Waals surface area contributed by atoms with Gasteiger partial charge in [0.2, 0.25) is 5.91 Å². The van der Waals surface area contributed by atoms with Gasteiger partial charge in [0.1, 0.15) is 5.75 Å². The van der Waals surface area contributed by atoms with Crippen LogP contribution >= 0.6 is 0 Å². The smallest absolute Gasteiger partial charge is 0.270 e. The maximum absolute atomic E-state index is 11.8. The van der Waals surface area contributed by atoms with Crippen molar-refractivity contribution < 1.29 is 14.8 Å². The summed E-state index contributed by atoms with van der Waals surface area (Å²) in [6, 6.07) is 4.14. The number of carbonyl (C=O) groups is 1. The van der Waals surface area contributed by atoms with E-state index in [0.717, 1.165) is 19.4 Å². The fourth-order valence-electron chi connectivity index (χ4n) is 2.74. The number of benzene rings is 1. The van der Waals surface area contributed by atoms with Crippen molar-refractivity contribution in [3.63, 3.8) is 0 Å². The van der Waals surface area contributed by atoms with E-state index in [-0.39, 0.29) is 29.3 Å². The Labute approximate surface area is 135 Å². The summed E-state index contributed by atoms with van der Waals surface area (Å²) in [6.07, 6.45) is 1.87. The molecule has 7 heteroatoms. The van der Waals surface area contributed by atoms with Crippen LogP contribution in [0.25, 0.3) is 0 Å². The van der Waals surface area contributed by atoms with Crippen LogP contribution in [0.15, 0.2) is 18.2 Å². The highest BCUT2D eigenvalue weighted by atomic mass is 16.6. The Bertz CT molecular complexity index is 589. The first kappa shape index (κ1) is 17.2. The highest BCUT2D eigenvalue weighted by Crippen LogP contribution is 2.25. The van der Waals surface area contributed by atoms with E-state index in [9.17, 15) is 20.0 Å². The van der Waals surface area contributed by atoms with Gasteiger partial charge in [-0.15, -0.1) is 0 Å². The summed E-state index contributed by atoms with van der Waals surface area (Å²) < 4.78 is 0. The zero-order valence-corrected chi connectivity index (χ0v) is 13.5. The van der Waals surface area contributed by atoms with Gasteiger partial charge in [-0.2, -0.15) is 0 Å². The van der Waals surface area contributed by atoms with Crippen LogP contribution in [0.4, 0.5) is 5.69 Å². The van der Waals surface area contributed by atoms with Crippen molar-refractivity contribution in [1.82, 2.24) is 10.2 Å². The second kappa shape index (κ2) is 7.41. The molecular weight excluding hydrogens is 298 g/mol. The van der Waals surface area contributed by atoms with Crippen LogP contribution in [0.1, 0.15) is 32.3 Å². The lowest BCUT2D eigenvalue weighted by atomic mass is 10.0. The van der Waals surface area contributed by atoms with E-state index >= 15 is 0 Å². The van der Waals surface area contributed by atoms with Crippen molar-refractivity contribution in [1.29, 1.82) is 0 Å². The van der Waals surface area contributed by atoms with Crippen LogP contribution in [0.5, 0.6) is 5.75 Å². The molecule has 1 aliphatic heterocycles. The van der Waals surface area contributed by atoms with Gasteiger partial charge in [0.15, 0.2) is 0 Å². The minimum atomic E-state index is -0.467. The van der Waals surface area contributed by atoms with Gasteiger partial charge in [0.25, 0.3) is 5.69 Å². The van der Waals surface area contributed by atoms with Crippen LogP contribution in [0, 0.1) is 16.0 Å². The van der Waals surface area contributed by atoms with E-state index in [0.29, 0.717) is 18.7 Å². The fourth-order valence-corrected chi connectivity index (χ4v) is 2.74. The number of amides is 1. The maximum Gasteiger partial charge on any atom is 0.270 e. The number of non-ortho nitro benzene ring substituents is 1. The van der Waals surface area contributed by atoms with Crippen molar-refractivity contribution in [3.05, 3.63) is 33.9 Å². The van der Waals surface area contributed by atoms with Crippen molar-refractivity contribution in [2.24, 2.45) is 5.92 Å². The number of phenols is 1. The number of phenolic OH excluding ortho intramolecular Hbond substituents is 1. The third-order valence-electron chi connectivity index (χ3n) is 4.04. The third kappa shape index (κ3) is 4.66. The molecule has 1 aromatic rings. The van der Waals surface area contributed by atoms with Crippen LogP contribution < -0.4 is 5.32 Å². The van der Waals surface area contributed by atoms with Gasteiger partial charge < -0.3 is 10.4 Å². The molecule has 0 aromatic heterocycles. The molecule has 1 atom stereocenters. The van der Waals surface area contributed by atoms with Crippen LogP contribution in [0.3, 0.4) is 0 Å². The first-order valence-electron chi connectivity index (χ1n) is 7.86. The quantitative estimate of drug-likeness (QED) is 0.639. The molecule has 0 saturated carbocycles. The summed E-state index contributed by atoms with van der Waals surface area (Å²) >= 11 is 0. The molecule has 0 spiro atoms. The highest BCUT2D eigenvalue weighted by Gasteiger charge is 2.23. The number of carbonyl (C=O) groups excluding carboxylic acids is 1. The number of rotatable bonds is 5. The number of hydrogen-bond acceptors (Lipinski definition) is 5. The normalized spacial score (nSPS) is 18.8. The second-order valence-corrected chi connectivity index (χ2v) is 6.31. The molecule has 1 amide bonds. The highest BCUT2D eigenvalue weighted by molar-refractivity contribution is 5.78. The monoisotopic (exact) mass is 321 g/mol. The molecule has 1 aliphatic rings. The number of nitrogens with one attached hydrogen (secondary N) is 1. The Morgan fingerprint density at radius 1 is 1.52 bits per heavy atom. The zero-order valence-electron chi connectivity index (χ0n) is 13.5. The van der Waals surface area contributed by atoms with Crippen LogP contribution in [-0.2, 0) is 11.3 Å². The number of nitrogens with zero attached hydrogens (tertiary/aromatic N) is 2. The summed E-state index contributed by atoms with van der Waals surface area (Å²) in [7, 11) is 0. The van der Waals surface area contributed by atoms with Gasteiger partial charge in [-0.3, -0.25) is 19.8 Å². The van der Waals surface area contributed by atoms with E-state index in [1.54, 1.807) is 0 Å². The molecule has 0 aliphatic carbocycles. The summed E-state index contributed by atoms with van der Waals surface area (Å²) in [4.78, 5) is 24.3. The molecular formula is C16H23N3O4. The molecule has 7 nitrogen and oxygen atoms in total. The molecule has 1 heterocycles. The van der Waals surface area contributed by atoms with Crippen molar-refractivity contribution in [2.75, 3.05) is 13.1 Å². The molecule has 2 N–H and O–H groups in total. The van der Waals surface area contributed by atoms with Crippen LogP contribution in [0.2, 0.25) is 0 Å². The maximum atomic E-state index is 11.8. The first-order valence-corrected chi connectivity index (χ1v) is 7.86. The fraction of sp³-hybridized carbons (Fsp3) is 0.562. The Balaban J connectivity index is 2.01. The van der Waals surface area contributed by atoms with Crippen molar-refractivity contribution >= 4 is 11.6 Å². The zero-order chi connectivity index (χ0) is 17.0. The average molecular weight is 321 g/mol. The Kier molecular flexibility index (Phi) is 5.54. The standard InChI is InChI=1S/C16H23N3O4/c1-11(2)16(21)17-13-4-3-7-18(10-13)9-12-8-14(19(22)23)5-6-15(12)20/h5-6,8,11,13,20H,3-4,7,9-10H2,1-2H3,(H,17,21). The van der Waals surface area contributed by atoms with Gasteiger partial charge in [-0.05, 0) is 25.5 Å². The molecule has 1 fully saturated rings. The lowest BCUT2D eigenvalue weighted by Gasteiger charge is -2.33. The molecule has 0 radical (unpaired) electrons. The van der Waals surface area contributed by atoms with Crippen molar-refractivity contribution in [2.45, 2.75) is 39.3 Å². The predicted molar refractivity (Wildman–Crippen MR) is 86.0 cm³/mol. The van der Waals surface area contributed by atoms with Crippen molar-refractivity contribution in [3.8, 4) is 5.75 Å². The summed E-state index contributed by atoms with van der Waals surface area (Å²) in [5.41, 5.74) is 0.509.